The van der Waals surface area contributed by atoms with Crippen molar-refractivity contribution in [3.05, 3.63) is 29.8 Å². The minimum Gasteiger partial charge on any atom is -0.497 e. The second kappa shape index (κ2) is 2.53. The van der Waals surface area contributed by atoms with Crippen molar-refractivity contribution >= 4 is 0 Å². The number of methoxy groups -OCH3 is 1. The van der Waals surface area contributed by atoms with Gasteiger partial charge in [-0.15, -0.1) is 0 Å². The Morgan fingerprint density at radius 3 is 2.45 bits per heavy atom. The molecule has 0 aliphatic carbocycles. The van der Waals surface area contributed by atoms with Crippen molar-refractivity contribution < 1.29 is 9.57 Å². The molecular weight excluding hydrogens is 142 g/mol. The summed E-state index contributed by atoms with van der Waals surface area (Å²) < 4.78 is 5.01. The van der Waals surface area contributed by atoms with E-state index >= 15 is 0 Å². The Balaban J connectivity index is 2.19. The second-order valence-electron chi connectivity index (χ2n) is 2.39. The van der Waals surface area contributed by atoms with Crippen LogP contribution in [-0.4, -0.2) is 7.11 Å². The molecule has 1 N–H and O–H groups in total. The Morgan fingerprint density at radius 1 is 1.36 bits per heavy atom. The fourth-order valence-corrected chi connectivity index (χ4v) is 0.949. The molecule has 11 heavy (non-hydrogen) atoms. The molecule has 1 fully saturated rings. The molecule has 1 heterocycles. The first-order valence-corrected chi connectivity index (χ1v) is 3.45. The maximum atomic E-state index is 5.01. The van der Waals surface area contributed by atoms with Crippen molar-refractivity contribution in [1.82, 2.24) is 5.48 Å². The number of nitrogens with one attached hydrogen (secondary N) is 1. The topological polar surface area (TPSA) is 43.7 Å². The smallest absolute Gasteiger partial charge is 0.176 e. The molecule has 1 aromatic rings. The largest absolute Gasteiger partial charge is 0.497 e. The molecular formula is C8H9NO2. The Morgan fingerprint density at radius 2 is 2.00 bits per heavy atom. The van der Waals surface area contributed by atoms with E-state index in [4.69, 9.17) is 9.57 Å². The van der Waals surface area contributed by atoms with E-state index < -0.39 is 0 Å². The standard InChI is InChI=1S/C8H9NO2/c1-10-7-4-2-6(3-5-7)8-9-11-8/h2-5,8-9H,1H3. The molecule has 1 aromatic carbocycles. The lowest BCUT2D eigenvalue weighted by Crippen LogP contribution is -1.85. The van der Waals surface area contributed by atoms with E-state index in [9.17, 15) is 0 Å². The zero-order valence-electron chi connectivity index (χ0n) is 6.20. The average Bonchev–Trinajstić information content (AvgIpc) is 2.87. The van der Waals surface area contributed by atoms with Crippen molar-refractivity contribution in [3.63, 3.8) is 0 Å². The molecule has 3 nitrogen and oxygen atoms in total. The van der Waals surface area contributed by atoms with Crippen LogP contribution in [0.3, 0.4) is 0 Å². The molecule has 58 valence electrons. The molecule has 2 rings (SSSR count). The zero-order valence-corrected chi connectivity index (χ0v) is 6.20. The highest BCUT2D eigenvalue weighted by Gasteiger charge is 2.23. The third kappa shape index (κ3) is 1.34. The monoisotopic (exact) mass is 151 g/mol. The summed E-state index contributed by atoms with van der Waals surface area (Å²) in [7, 11) is 1.65. The summed E-state index contributed by atoms with van der Waals surface area (Å²) >= 11 is 0. The summed E-state index contributed by atoms with van der Waals surface area (Å²) in [6.45, 7) is 0. The molecule has 1 aliphatic heterocycles. The van der Waals surface area contributed by atoms with Crippen LogP contribution in [0.5, 0.6) is 5.75 Å². The minimum absolute atomic E-state index is 0.0981. The average molecular weight is 151 g/mol. The van der Waals surface area contributed by atoms with Gasteiger partial charge in [0, 0.05) is 0 Å². The van der Waals surface area contributed by atoms with Gasteiger partial charge in [-0.05, 0) is 17.7 Å². The predicted octanol–water partition coefficient (Wildman–Crippen LogP) is 1.23. The van der Waals surface area contributed by atoms with Gasteiger partial charge in [0.15, 0.2) is 6.23 Å². The van der Waals surface area contributed by atoms with Crippen LogP contribution in [0.1, 0.15) is 11.8 Å². The molecule has 1 unspecified atom stereocenters. The van der Waals surface area contributed by atoms with Crippen molar-refractivity contribution in [2.24, 2.45) is 0 Å². The molecule has 1 atom stereocenters. The SMILES string of the molecule is COc1ccc(C2NO2)cc1. The number of hydroxylamine groups is 1. The Bertz CT molecular complexity index is 241. The molecule has 0 bridgehead atoms. The fraction of sp³-hybridized carbons (Fsp3) is 0.250. The summed E-state index contributed by atoms with van der Waals surface area (Å²) in [6.07, 6.45) is 0.0981. The highest BCUT2D eigenvalue weighted by molar-refractivity contribution is 5.28. The van der Waals surface area contributed by atoms with E-state index in [-0.39, 0.29) is 6.23 Å². The number of benzene rings is 1. The number of rotatable bonds is 2. The van der Waals surface area contributed by atoms with Crippen LogP contribution in [-0.2, 0) is 4.84 Å². The van der Waals surface area contributed by atoms with Gasteiger partial charge in [-0.1, -0.05) is 12.1 Å². The summed E-state index contributed by atoms with van der Waals surface area (Å²) in [5.74, 6) is 0.870. The highest BCUT2D eigenvalue weighted by atomic mass is 16.8. The van der Waals surface area contributed by atoms with Crippen molar-refractivity contribution in [3.8, 4) is 5.75 Å². The fourth-order valence-electron chi connectivity index (χ4n) is 0.949. The quantitative estimate of drug-likeness (QED) is 0.646. The first-order chi connectivity index (χ1) is 5.40. The van der Waals surface area contributed by atoms with Gasteiger partial charge in [0.25, 0.3) is 0 Å². The van der Waals surface area contributed by atoms with Gasteiger partial charge >= 0.3 is 0 Å². The molecule has 1 saturated heterocycles. The van der Waals surface area contributed by atoms with E-state index in [2.05, 4.69) is 5.48 Å². The van der Waals surface area contributed by atoms with Crippen LogP contribution >= 0.6 is 0 Å². The number of hydrogen-bond donors (Lipinski definition) is 1. The third-order valence-corrected chi connectivity index (χ3v) is 1.65. The number of ether oxygens (including phenoxy) is 1. The van der Waals surface area contributed by atoms with E-state index in [1.807, 2.05) is 24.3 Å². The van der Waals surface area contributed by atoms with Crippen LogP contribution in [0.4, 0.5) is 0 Å². The van der Waals surface area contributed by atoms with Gasteiger partial charge in [0.05, 0.1) is 7.11 Å². The lowest BCUT2D eigenvalue weighted by molar-refractivity contribution is 0.374. The van der Waals surface area contributed by atoms with Gasteiger partial charge < -0.3 is 4.74 Å². The number of hydrogen-bond acceptors (Lipinski definition) is 3. The first kappa shape index (κ1) is 6.64. The molecule has 0 spiro atoms. The maximum absolute atomic E-state index is 5.01. The molecule has 0 saturated carbocycles. The van der Waals surface area contributed by atoms with Gasteiger partial charge in [0.2, 0.25) is 0 Å². The molecule has 0 radical (unpaired) electrons. The molecule has 0 aromatic heterocycles. The van der Waals surface area contributed by atoms with Crippen LogP contribution in [0.15, 0.2) is 24.3 Å². The highest BCUT2D eigenvalue weighted by Crippen LogP contribution is 2.24. The van der Waals surface area contributed by atoms with Crippen molar-refractivity contribution in [2.45, 2.75) is 6.23 Å². The van der Waals surface area contributed by atoms with Crippen molar-refractivity contribution in [1.29, 1.82) is 0 Å². The van der Waals surface area contributed by atoms with Crippen LogP contribution in [0, 0.1) is 0 Å². The molecule has 1 aliphatic rings. The normalized spacial score (nSPS) is 21.4. The third-order valence-electron chi connectivity index (χ3n) is 1.65. The maximum Gasteiger partial charge on any atom is 0.176 e. The van der Waals surface area contributed by atoms with Gasteiger partial charge in [0.1, 0.15) is 5.75 Å². The summed E-state index contributed by atoms with van der Waals surface area (Å²) in [5.41, 5.74) is 3.88. The Hall–Kier alpha value is -1.06. The van der Waals surface area contributed by atoms with Crippen LogP contribution in [0.2, 0.25) is 0 Å². The van der Waals surface area contributed by atoms with Crippen LogP contribution < -0.4 is 10.2 Å². The lowest BCUT2D eigenvalue weighted by atomic mass is 10.2. The van der Waals surface area contributed by atoms with E-state index in [0.29, 0.717) is 0 Å². The second-order valence-corrected chi connectivity index (χ2v) is 2.39. The van der Waals surface area contributed by atoms with Gasteiger partial charge in [-0.3, -0.25) is 4.84 Å². The molecule has 0 amide bonds. The van der Waals surface area contributed by atoms with E-state index in [1.54, 1.807) is 7.11 Å². The Labute approximate surface area is 64.9 Å². The lowest BCUT2D eigenvalue weighted by Gasteiger charge is -1.98. The summed E-state index contributed by atoms with van der Waals surface area (Å²) in [4.78, 5) is 4.88. The van der Waals surface area contributed by atoms with E-state index in [1.165, 1.54) is 0 Å². The summed E-state index contributed by atoms with van der Waals surface area (Å²) in [6, 6.07) is 7.78. The zero-order chi connectivity index (χ0) is 7.68. The van der Waals surface area contributed by atoms with E-state index in [0.717, 1.165) is 11.3 Å². The van der Waals surface area contributed by atoms with Gasteiger partial charge in [-0.2, -0.15) is 5.48 Å². The minimum atomic E-state index is 0.0981. The Kier molecular flexibility index (Phi) is 1.52. The predicted molar refractivity (Wildman–Crippen MR) is 40.0 cm³/mol. The van der Waals surface area contributed by atoms with Crippen molar-refractivity contribution in [2.75, 3.05) is 7.11 Å². The van der Waals surface area contributed by atoms with Crippen LogP contribution in [0.25, 0.3) is 0 Å². The van der Waals surface area contributed by atoms with Gasteiger partial charge in [-0.25, -0.2) is 0 Å². The first-order valence-electron chi connectivity index (χ1n) is 3.45. The molecule has 3 heteroatoms. The summed E-state index contributed by atoms with van der Waals surface area (Å²) in [5, 5.41) is 0.